The third-order valence-electron chi connectivity index (χ3n) is 8.87. The number of para-hydroxylation sites is 1. The van der Waals surface area contributed by atoms with E-state index in [9.17, 15) is 24.3 Å². The van der Waals surface area contributed by atoms with Crippen molar-refractivity contribution in [3.05, 3.63) is 102 Å². The van der Waals surface area contributed by atoms with Gasteiger partial charge < -0.3 is 29.2 Å². The second-order valence-corrected chi connectivity index (χ2v) is 13.2. The summed E-state index contributed by atoms with van der Waals surface area (Å²) in [6, 6.07) is 10.2. The predicted molar refractivity (Wildman–Crippen MR) is 194 cm³/mol. The second kappa shape index (κ2) is 17.6. The van der Waals surface area contributed by atoms with Crippen LogP contribution in [0.5, 0.6) is 0 Å². The molecule has 0 spiro atoms. The number of ether oxygens (including phenoxy) is 2. The number of esters is 1. The number of nitrogens with zero attached hydrogens (tertiary/aromatic N) is 3. The minimum absolute atomic E-state index is 0.0508. The van der Waals surface area contributed by atoms with Crippen LogP contribution in [0.1, 0.15) is 56.4 Å². The van der Waals surface area contributed by atoms with Gasteiger partial charge in [0, 0.05) is 36.7 Å². The summed E-state index contributed by atoms with van der Waals surface area (Å²) in [7, 11) is 0. The SMILES string of the molecule is C=C1Cc2nc(co2)C(=O)N2CCC[C@@H]2C(=O)O[C@H]([C@H](C)COC(=O)Nc2ccc3ccccc3n2)[C@H](C)/C=C/C(=O)NC/C=C/C(C)=C/[C@@H](O)C1. The Morgan fingerprint density at radius 2 is 1.98 bits per heavy atom. The summed E-state index contributed by atoms with van der Waals surface area (Å²) in [5.74, 6) is -1.86. The Labute approximate surface area is 302 Å². The van der Waals surface area contributed by atoms with Crippen LogP contribution in [-0.4, -0.2) is 81.8 Å². The fourth-order valence-corrected chi connectivity index (χ4v) is 6.24. The maximum absolute atomic E-state index is 13.8. The number of benzene rings is 1. The molecule has 13 heteroatoms. The summed E-state index contributed by atoms with van der Waals surface area (Å²) in [4.78, 5) is 63.0. The van der Waals surface area contributed by atoms with Gasteiger partial charge in [-0.3, -0.25) is 14.9 Å². The van der Waals surface area contributed by atoms with E-state index in [1.807, 2.05) is 37.3 Å². The molecule has 52 heavy (non-hydrogen) atoms. The molecule has 2 aliphatic rings. The first-order valence-corrected chi connectivity index (χ1v) is 17.4. The largest absolute Gasteiger partial charge is 0.460 e. The summed E-state index contributed by atoms with van der Waals surface area (Å²) in [5.41, 5.74) is 2.22. The van der Waals surface area contributed by atoms with Gasteiger partial charge >= 0.3 is 12.1 Å². The normalized spacial score (nSPS) is 25.2. The molecule has 5 rings (SSSR count). The smallest absolute Gasteiger partial charge is 0.412 e. The molecule has 3 amide bonds. The number of nitrogens with one attached hydrogen (secondary N) is 2. The van der Waals surface area contributed by atoms with E-state index in [2.05, 4.69) is 27.2 Å². The highest BCUT2D eigenvalue weighted by Gasteiger charge is 2.39. The van der Waals surface area contributed by atoms with Gasteiger partial charge in [-0.05, 0) is 50.5 Å². The van der Waals surface area contributed by atoms with Gasteiger partial charge in [0.2, 0.25) is 5.91 Å². The quantitative estimate of drug-likeness (QED) is 0.238. The number of fused-ring (bicyclic) bond motifs is 4. The van der Waals surface area contributed by atoms with Gasteiger partial charge in [-0.25, -0.2) is 19.6 Å². The Kier molecular flexibility index (Phi) is 12.7. The van der Waals surface area contributed by atoms with Gasteiger partial charge in [0.25, 0.3) is 5.91 Å². The number of aromatic nitrogens is 2. The Morgan fingerprint density at radius 1 is 1.17 bits per heavy atom. The van der Waals surface area contributed by atoms with E-state index in [0.717, 1.165) is 11.0 Å². The lowest BCUT2D eigenvalue weighted by Gasteiger charge is -2.30. The number of allylic oxidation sites excluding steroid dienone is 2. The number of amides is 3. The Balaban J connectivity index is 1.32. The van der Waals surface area contributed by atoms with E-state index >= 15 is 0 Å². The molecular formula is C39H45N5O8. The molecule has 1 saturated heterocycles. The lowest BCUT2D eigenvalue weighted by atomic mass is 9.93. The fraction of sp³-hybridized carbons (Fsp3) is 0.385. The average molecular weight is 712 g/mol. The highest BCUT2D eigenvalue weighted by molar-refractivity contribution is 5.95. The van der Waals surface area contributed by atoms with Crippen molar-refractivity contribution in [2.24, 2.45) is 11.8 Å². The summed E-state index contributed by atoms with van der Waals surface area (Å²) in [6.45, 7) is 9.87. The highest BCUT2D eigenvalue weighted by Crippen LogP contribution is 2.26. The first kappa shape index (κ1) is 37.7. The fourth-order valence-electron chi connectivity index (χ4n) is 6.24. The van der Waals surface area contributed by atoms with Crippen molar-refractivity contribution in [2.45, 2.75) is 64.7 Å². The zero-order valence-electron chi connectivity index (χ0n) is 29.6. The molecular weight excluding hydrogens is 666 g/mol. The van der Waals surface area contributed by atoms with E-state index in [4.69, 9.17) is 13.9 Å². The first-order valence-electron chi connectivity index (χ1n) is 17.4. The van der Waals surface area contributed by atoms with Crippen LogP contribution in [0, 0.1) is 11.8 Å². The van der Waals surface area contributed by atoms with Crippen molar-refractivity contribution >= 4 is 40.6 Å². The number of carbonyl (C=O) groups excluding carboxylic acids is 4. The van der Waals surface area contributed by atoms with Crippen LogP contribution >= 0.6 is 0 Å². The zero-order chi connectivity index (χ0) is 37.2. The van der Waals surface area contributed by atoms with E-state index in [-0.39, 0.29) is 43.5 Å². The van der Waals surface area contributed by atoms with Crippen LogP contribution in [0.25, 0.3) is 10.9 Å². The van der Waals surface area contributed by atoms with Gasteiger partial charge in [-0.1, -0.05) is 74.1 Å². The van der Waals surface area contributed by atoms with Crippen molar-refractivity contribution in [1.82, 2.24) is 20.2 Å². The monoisotopic (exact) mass is 711 g/mol. The van der Waals surface area contributed by atoms with E-state index in [1.165, 1.54) is 17.2 Å². The number of anilines is 1. The maximum Gasteiger partial charge on any atom is 0.412 e. The van der Waals surface area contributed by atoms with Crippen molar-refractivity contribution < 1.29 is 38.2 Å². The molecule has 0 radical (unpaired) electrons. The molecule has 274 valence electrons. The predicted octanol–water partition coefficient (Wildman–Crippen LogP) is 5.30. The van der Waals surface area contributed by atoms with Gasteiger partial charge in [0.05, 0.1) is 18.2 Å². The van der Waals surface area contributed by atoms with Crippen molar-refractivity contribution in [3.63, 3.8) is 0 Å². The maximum atomic E-state index is 13.8. The summed E-state index contributed by atoms with van der Waals surface area (Å²) in [6.07, 6.45) is 8.57. The molecule has 3 N–H and O–H groups in total. The molecule has 0 unspecified atom stereocenters. The molecule has 1 fully saturated rings. The topological polar surface area (TPSA) is 173 Å². The lowest BCUT2D eigenvalue weighted by molar-refractivity contribution is -0.159. The molecule has 0 saturated carbocycles. The van der Waals surface area contributed by atoms with Crippen LogP contribution in [-0.2, 0) is 25.5 Å². The Bertz CT molecular complexity index is 1880. The minimum atomic E-state index is -0.876. The third-order valence-corrected chi connectivity index (χ3v) is 8.87. The van der Waals surface area contributed by atoms with E-state index in [0.29, 0.717) is 36.3 Å². The number of hydrogen-bond acceptors (Lipinski definition) is 10. The molecule has 2 aromatic heterocycles. The summed E-state index contributed by atoms with van der Waals surface area (Å²) in [5, 5.41) is 16.9. The molecule has 13 nitrogen and oxygen atoms in total. The van der Waals surface area contributed by atoms with Crippen LogP contribution in [0.4, 0.5) is 10.6 Å². The molecule has 5 atom stereocenters. The van der Waals surface area contributed by atoms with E-state index in [1.54, 1.807) is 44.2 Å². The molecule has 2 bridgehead atoms. The van der Waals surface area contributed by atoms with Gasteiger partial charge in [-0.15, -0.1) is 0 Å². The molecule has 2 aliphatic heterocycles. The Hall–Kier alpha value is -5.56. The number of rotatable bonds is 4. The van der Waals surface area contributed by atoms with Gasteiger partial charge in [-0.2, -0.15) is 0 Å². The summed E-state index contributed by atoms with van der Waals surface area (Å²) < 4.78 is 17.2. The number of pyridine rings is 1. The number of hydrogen-bond donors (Lipinski definition) is 3. The Morgan fingerprint density at radius 3 is 2.81 bits per heavy atom. The minimum Gasteiger partial charge on any atom is -0.460 e. The van der Waals surface area contributed by atoms with Gasteiger partial charge in [0.15, 0.2) is 11.6 Å². The van der Waals surface area contributed by atoms with Crippen LogP contribution < -0.4 is 10.6 Å². The molecule has 1 aromatic carbocycles. The lowest BCUT2D eigenvalue weighted by Crippen LogP contribution is -2.44. The number of oxazole rings is 1. The standard InChI is InChI=1S/C39H45N5O8/c1-24-9-7-17-40-34(46)16-13-26(3)36(27(4)22-51-39(49)43-33-15-14-28-10-5-6-11-30(28)41-33)52-38(48)32-12-8-18-44(32)37(47)31-23-50-35(42-31)21-25(2)20-29(45)19-24/h5-7,9-11,13-16,19,23,26-27,29,32,36,45H,2,8,12,17-18,20-22H2,1,3-4H3,(H,40,46)(H,41,43,49)/b9-7+,16-13+,24-19+/t26-,27-,29-,32-,36+/m1/s1. The number of carbonyl (C=O) groups is 4. The average Bonchev–Trinajstić information content (AvgIpc) is 3.80. The number of cyclic esters (lactones) is 1. The van der Waals surface area contributed by atoms with E-state index < -0.39 is 48.1 Å². The molecule has 0 aliphatic carbocycles. The molecule has 4 heterocycles. The third kappa shape index (κ3) is 10.3. The van der Waals surface area contributed by atoms with Crippen LogP contribution in [0.15, 0.2) is 95.2 Å². The zero-order valence-corrected chi connectivity index (χ0v) is 29.6. The number of aliphatic hydroxyl groups is 1. The number of aliphatic hydroxyl groups excluding tert-OH is 1. The van der Waals surface area contributed by atoms with Crippen molar-refractivity contribution in [3.8, 4) is 0 Å². The summed E-state index contributed by atoms with van der Waals surface area (Å²) >= 11 is 0. The second-order valence-electron chi connectivity index (χ2n) is 13.2. The van der Waals surface area contributed by atoms with Crippen molar-refractivity contribution in [2.75, 3.05) is 25.0 Å². The first-order chi connectivity index (χ1) is 25.0. The highest BCUT2D eigenvalue weighted by atomic mass is 16.6. The van der Waals surface area contributed by atoms with Gasteiger partial charge in [0.1, 0.15) is 24.2 Å². The molecule has 3 aromatic rings. The van der Waals surface area contributed by atoms with Crippen LogP contribution in [0.3, 0.4) is 0 Å². The van der Waals surface area contributed by atoms with Crippen LogP contribution in [0.2, 0.25) is 0 Å². The van der Waals surface area contributed by atoms with Crippen molar-refractivity contribution in [1.29, 1.82) is 0 Å².